The topological polar surface area (TPSA) is 59.4 Å². The molecule has 1 aromatic heterocycles. The van der Waals surface area contributed by atoms with Gasteiger partial charge in [-0.15, -0.1) is 0 Å². The molecule has 4 nitrogen and oxygen atoms in total. The number of ether oxygens (including phenoxy) is 1. The summed E-state index contributed by atoms with van der Waals surface area (Å²) in [6.07, 6.45) is 1.33. The molecule has 2 aromatic rings. The first kappa shape index (κ1) is 10.4. The third-order valence-electron chi connectivity index (χ3n) is 2.27. The number of rotatable bonds is 3. The number of carboxylic acids is 1. The van der Waals surface area contributed by atoms with Crippen LogP contribution in [0.15, 0.2) is 30.5 Å². The SMILES string of the molecule is CCOc1ncc(C(=O)O)c2ccccc12. The molecule has 0 fully saturated rings. The van der Waals surface area contributed by atoms with Crippen LogP contribution >= 0.6 is 0 Å². The van der Waals surface area contributed by atoms with Gasteiger partial charge in [-0.2, -0.15) is 0 Å². The van der Waals surface area contributed by atoms with Gasteiger partial charge in [-0.25, -0.2) is 9.78 Å². The summed E-state index contributed by atoms with van der Waals surface area (Å²) in [7, 11) is 0. The lowest BCUT2D eigenvalue weighted by Gasteiger charge is -2.07. The van der Waals surface area contributed by atoms with E-state index in [4.69, 9.17) is 9.84 Å². The van der Waals surface area contributed by atoms with Crippen molar-refractivity contribution in [1.82, 2.24) is 4.98 Å². The van der Waals surface area contributed by atoms with Gasteiger partial charge >= 0.3 is 5.97 Å². The van der Waals surface area contributed by atoms with Crippen LogP contribution in [0.3, 0.4) is 0 Å². The number of hydrogen-bond donors (Lipinski definition) is 1. The molecule has 0 saturated carbocycles. The molecular weight excluding hydrogens is 206 g/mol. The molecule has 0 atom stereocenters. The van der Waals surface area contributed by atoms with Crippen molar-refractivity contribution < 1.29 is 14.6 Å². The smallest absolute Gasteiger partial charge is 0.337 e. The van der Waals surface area contributed by atoms with Gasteiger partial charge in [-0.1, -0.05) is 18.2 Å². The lowest BCUT2D eigenvalue weighted by Crippen LogP contribution is -2.01. The minimum atomic E-state index is -0.980. The van der Waals surface area contributed by atoms with E-state index in [1.807, 2.05) is 13.0 Å². The molecule has 2 rings (SSSR count). The van der Waals surface area contributed by atoms with Gasteiger partial charge in [0.15, 0.2) is 0 Å². The van der Waals surface area contributed by atoms with Crippen molar-refractivity contribution >= 4 is 16.7 Å². The van der Waals surface area contributed by atoms with Crippen molar-refractivity contribution in [3.05, 3.63) is 36.0 Å². The predicted octanol–water partition coefficient (Wildman–Crippen LogP) is 2.33. The van der Waals surface area contributed by atoms with Gasteiger partial charge < -0.3 is 9.84 Å². The Bertz CT molecular complexity index is 537. The molecule has 0 amide bonds. The number of aromatic nitrogens is 1. The fourth-order valence-electron chi connectivity index (χ4n) is 1.59. The Morgan fingerprint density at radius 3 is 2.69 bits per heavy atom. The maximum absolute atomic E-state index is 11.0. The highest BCUT2D eigenvalue weighted by molar-refractivity contribution is 6.04. The van der Waals surface area contributed by atoms with Crippen LogP contribution in [0, 0.1) is 0 Å². The molecule has 0 bridgehead atoms. The molecule has 0 aliphatic carbocycles. The van der Waals surface area contributed by atoms with Crippen LogP contribution in [-0.4, -0.2) is 22.7 Å². The molecule has 1 aromatic carbocycles. The number of benzene rings is 1. The summed E-state index contributed by atoms with van der Waals surface area (Å²) in [5, 5.41) is 10.4. The zero-order valence-corrected chi connectivity index (χ0v) is 8.80. The predicted molar refractivity (Wildman–Crippen MR) is 59.9 cm³/mol. The van der Waals surface area contributed by atoms with E-state index in [2.05, 4.69) is 4.98 Å². The van der Waals surface area contributed by atoms with Crippen LogP contribution in [0.5, 0.6) is 5.88 Å². The maximum atomic E-state index is 11.0. The van der Waals surface area contributed by atoms with Crippen LogP contribution < -0.4 is 4.74 Å². The van der Waals surface area contributed by atoms with E-state index in [1.165, 1.54) is 6.20 Å². The highest BCUT2D eigenvalue weighted by atomic mass is 16.5. The van der Waals surface area contributed by atoms with Crippen LogP contribution in [0.4, 0.5) is 0 Å². The summed E-state index contributed by atoms with van der Waals surface area (Å²) < 4.78 is 5.35. The molecule has 82 valence electrons. The van der Waals surface area contributed by atoms with Crippen LogP contribution in [0.2, 0.25) is 0 Å². The van der Waals surface area contributed by atoms with E-state index in [0.717, 1.165) is 5.39 Å². The Morgan fingerprint density at radius 1 is 1.38 bits per heavy atom. The van der Waals surface area contributed by atoms with Gasteiger partial charge in [0.1, 0.15) is 0 Å². The summed E-state index contributed by atoms with van der Waals surface area (Å²) in [6.45, 7) is 2.37. The number of hydrogen-bond acceptors (Lipinski definition) is 3. The number of pyridine rings is 1. The lowest BCUT2D eigenvalue weighted by atomic mass is 10.1. The molecule has 16 heavy (non-hydrogen) atoms. The Labute approximate surface area is 92.5 Å². The van der Waals surface area contributed by atoms with Crippen molar-refractivity contribution in [2.24, 2.45) is 0 Å². The number of nitrogens with zero attached hydrogens (tertiary/aromatic N) is 1. The number of carbonyl (C=O) groups is 1. The third kappa shape index (κ3) is 1.69. The molecule has 0 aliphatic rings. The highest BCUT2D eigenvalue weighted by Crippen LogP contribution is 2.25. The van der Waals surface area contributed by atoms with Gasteiger partial charge in [-0.05, 0) is 13.0 Å². The van der Waals surface area contributed by atoms with Crippen LogP contribution in [0.25, 0.3) is 10.8 Å². The summed E-state index contributed by atoms with van der Waals surface area (Å²) in [4.78, 5) is 15.0. The Kier molecular flexibility index (Phi) is 2.72. The average Bonchev–Trinajstić information content (AvgIpc) is 2.29. The molecule has 1 N–H and O–H groups in total. The normalized spacial score (nSPS) is 10.3. The van der Waals surface area contributed by atoms with E-state index in [9.17, 15) is 4.79 Å². The first-order valence-corrected chi connectivity index (χ1v) is 4.98. The van der Waals surface area contributed by atoms with Crippen molar-refractivity contribution in [2.45, 2.75) is 6.92 Å². The Balaban J connectivity index is 2.71. The molecule has 0 aliphatic heterocycles. The van der Waals surface area contributed by atoms with Gasteiger partial charge in [0.25, 0.3) is 0 Å². The minimum absolute atomic E-state index is 0.194. The van der Waals surface area contributed by atoms with Gasteiger partial charge in [0, 0.05) is 17.0 Å². The molecule has 0 radical (unpaired) electrons. The minimum Gasteiger partial charge on any atom is -0.478 e. The van der Waals surface area contributed by atoms with E-state index in [1.54, 1.807) is 18.2 Å². The Hall–Kier alpha value is -2.10. The summed E-state index contributed by atoms with van der Waals surface area (Å²) in [6, 6.07) is 7.19. The lowest BCUT2D eigenvalue weighted by molar-refractivity contribution is 0.0698. The van der Waals surface area contributed by atoms with Gasteiger partial charge in [-0.3, -0.25) is 0 Å². The molecule has 0 spiro atoms. The van der Waals surface area contributed by atoms with Gasteiger partial charge in [0.2, 0.25) is 5.88 Å². The van der Waals surface area contributed by atoms with Gasteiger partial charge in [0.05, 0.1) is 12.2 Å². The molecule has 1 heterocycles. The van der Waals surface area contributed by atoms with Crippen LogP contribution in [0.1, 0.15) is 17.3 Å². The van der Waals surface area contributed by atoms with Crippen molar-refractivity contribution in [2.75, 3.05) is 6.61 Å². The molecular formula is C12H11NO3. The second kappa shape index (κ2) is 4.18. The summed E-state index contributed by atoms with van der Waals surface area (Å²) in [5.41, 5.74) is 0.194. The largest absolute Gasteiger partial charge is 0.478 e. The van der Waals surface area contributed by atoms with E-state index < -0.39 is 5.97 Å². The molecule has 0 unspecified atom stereocenters. The first-order chi connectivity index (χ1) is 7.74. The van der Waals surface area contributed by atoms with Crippen molar-refractivity contribution in [1.29, 1.82) is 0 Å². The third-order valence-corrected chi connectivity index (χ3v) is 2.27. The fraction of sp³-hybridized carbons (Fsp3) is 0.167. The number of aromatic carboxylic acids is 1. The Morgan fingerprint density at radius 2 is 2.06 bits per heavy atom. The van der Waals surface area contributed by atoms with Crippen molar-refractivity contribution in [3.8, 4) is 5.88 Å². The standard InChI is InChI=1S/C12H11NO3/c1-2-16-11-9-6-4-3-5-8(9)10(7-13-11)12(14)15/h3-7H,2H2,1H3,(H,14,15). The molecule has 0 saturated heterocycles. The average molecular weight is 217 g/mol. The molecule has 4 heteroatoms. The second-order valence-electron chi connectivity index (χ2n) is 3.26. The zero-order valence-electron chi connectivity index (χ0n) is 8.80. The fourth-order valence-corrected chi connectivity index (χ4v) is 1.59. The van der Waals surface area contributed by atoms with Crippen LogP contribution in [-0.2, 0) is 0 Å². The quantitative estimate of drug-likeness (QED) is 0.857. The van der Waals surface area contributed by atoms with E-state index in [-0.39, 0.29) is 5.56 Å². The number of carboxylic acid groups (broad SMARTS) is 1. The van der Waals surface area contributed by atoms with E-state index in [0.29, 0.717) is 17.9 Å². The highest BCUT2D eigenvalue weighted by Gasteiger charge is 2.12. The zero-order chi connectivity index (χ0) is 11.5. The second-order valence-corrected chi connectivity index (χ2v) is 3.26. The first-order valence-electron chi connectivity index (χ1n) is 4.98. The van der Waals surface area contributed by atoms with Crippen molar-refractivity contribution in [3.63, 3.8) is 0 Å². The monoisotopic (exact) mass is 217 g/mol. The maximum Gasteiger partial charge on any atom is 0.337 e. The van der Waals surface area contributed by atoms with E-state index >= 15 is 0 Å². The summed E-state index contributed by atoms with van der Waals surface area (Å²) >= 11 is 0. The number of fused-ring (bicyclic) bond motifs is 1. The summed E-state index contributed by atoms with van der Waals surface area (Å²) in [5.74, 6) is -0.505.